The van der Waals surface area contributed by atoms with Crippen LogP contribution in [-0.2, 0) is 19.1 Å². The zero-order chi connectivity index (χ0) is 18.3. The molecular weight excluding hydrogens is 336 g/mol. The molecule has 6 atom stereocenters. The molecule has 2 aliphatic carbocycles. The summed E-state index contributed by atoms with van der Waals surface area (Å²) in [4.78, 5) is 25.7. The van der Waals surface area contributed by atoms with Gasteiger partial charge in [-0.15, -0.1) is 0 Å². The van der Waals surface area contributed by atoms with E-state index in [0.717, 1.165) is 11.1 Å². The maximum absolute atomic E-state index is 13.2. The van der Waals surface area contributed by atoms with Gasteiger partial charge >= 0.3 is 11.9 Å². The van der Waals surface area contributed by atoms with Gasteiger partial charge in [0.25, 0.3) is 0 Å². The number of carbonyl (C=O) groups excluding carboxylic acids is 2. The van der Waals surface area contributed by atoms with Crippen LogP contribution in [0.15, 0.2) is 34.2 Å². The Hall–Kier alpha value is -2.08. The second kappa shape index (κ2) is 5.00. The van der Waals surface area contributed by atoms with Gasteiger partial charge in [-0.05, 0) is 36.5 Å². The van der Waals surface area contributed by atoms with Crippen molar-refractivity contribution in [2.24, 2.45) is 16.7 Å². The monoisotopic (exact) mass is 358 g/mol. The Morgan fingerprint density at radius 1 is 1.19 bits per heavy atom. The highest BCUT2D eigenvalue weighted by Gasteiger charge is 2.65. The molecule has 1 spiro atoms. The van der Waals surface area contributed by atoms with Gasteiger partial charge in [0.1, 0.15) is 12.2 Å². The van der Waals surface area contributed by atoms with Gasteiger partial charge in [-0.3, -0.25) is 9.59 Å². The molecule has 2 bridgehead atoms. The van der Waals surface area contributed by atoms with Crippen LogP contribution in [0, 0.1) is 16.7 Å². The predicted molar refractivity (Wildman–Crippen MR) is 88.6 cm³/mol. The van der Waals surface area contributed by atoms with E-state index in [4.69, 9.17) is 13.9 Å². The highest BCUT2D eigenvalue weighted by Crippen LogP contribution is 2.63. The first-order valence-electron chi connectivity index (χ1n) is 9.22. The minimum Gasteiger partial charge on any atom is -0.472 e. The number of fused-ring (bicyclic) bond motifs is 4. The van der Waals surface area contributed by atoms with Crippen LogP contribution in [0.2, 0.25) is 0 Å². The zero-order valence-electron chi connectivity index (χ0n) is 14.9. The molecule has 0 radical (unpaired) electrons. The third-order valence-electron chi connectivity index (χ3n) is 7.04. The molecule has 4 aliphatic rings. The Balaban J connectivity index is 1.67. The van der Waals surface area contributed by atoms with E-state index in [0.29, 0.717) is 31.3 Å². The highest BCUT2D eigenvalue weighted by atomic mass is 16.6. The Morgan fingerprint density at radius 3 is 2.73 bits per heavy atom. The van der Waals surface area contributed by atoms with Gasteiger partial charge in [-0.1, -0.05) is 6.92 Å². The lowest BCUT2D eigenvalue weighted by atomic mass is 9.54. The third-order valence-corrected chi connectivity index (χ3v) is 7.04. The van der Waals surface area contributed by atoms with Crippen molar-refractivity contribution in [3.05, 3.63) is 35.3 Å². The third kappa shape index (κ3) is 1.80. The summed E-state index contributed by atoms with van der Waals surface area (Å²) in [6, 6.07) is 1.81. The molecule has 26 heavy (non-hydrogen) atoms. The number of hydrogen-bond acceptors (Lipinski definition) is 6. The number of aliphatic hydroxyl groups excluding tert-OH is 1. The molecular formula is C20H22O6. The number of rotatable bonds is 1. The lowest BCUT2D eigenvalue weighted by molar-refractivity contribution is -0.150. The molecule has 6 nitrogen and oxygen atoms in total. The molecule has 2 fully saturated rings. The van der Waals surface area contributed by atoms with Crippen LogP contribution >= 0.6 is 0 Å². The predicted octanol–water partition coefficient (Wildman–Crippen LogP) is 2.68. The van der Waals surface area contributed by atoms with Crippen molar-refractivity contribution in [2.45, 2.75) is 57.8 Å². The van der Waals surface area contributed by atoms with Crippen molar-refractivity contribution in [1.82, 2.24) is 0 Å². The van der Waals surface area contributed by atoms with Crippen molar-refractivity contribution in [1.29, 1.82) is 0 Å². The molecule has 6 heteroatoms. The first kappa shape index (κ1) is 16.1. The fourth-order valence-corrected chi connectivity index (χ4v) is 5.75. The fraction of sp³-hybridized carbons (Fsp3) is 0.600. The molecule has 2 saturated heterocycles. The van der Waals surface area contributed by atoms with Crippen LogP contribution in [0.3, 0.4) is 0 Å². The number of esters is 2. The molecule has 138 valence electrons. The fourth-order valence-electron chi connectivity index (χ4n) is 5.75. The number of carbonyl (C=O) groups is 2. The lowest BCUT2D eigenvalue weighted by Gasteiger charge is -2.47. The average Bonchev–Trinajstić information content (AvgIpc) is 3.25. The smallest absolute Gasteiger partial charge is 0.317 e. The van der Waals surface area contributed by atoms with Crippen LogP contribution in [0.1, 0.15) is 51.2 Å². The summed E-state index contributed by atoms with van der Waals surface area (Å²) >= 11 is 0. The van der Waals surface area contributed by atoms with Crippen molar-refractivity contribution in [3.63, 3.8) is 0 Å². The Kier molecular flexibility index (Phi) is 3.10. The quantitative estimate of drug-likeness (QED) is 0.614. The summed E-state index contributed by atoms with van der Waals surface area (Å²) < 4.78 is 16.5. The minimum absolute atomic E-state index is 0.0724. The Morgan fingerprint density at radius 2 is 2.00 bits per heavy atom. The van der Waals surface area contributed by atoms with Crippen molar-refractivity contribution >= 4 is 11.9 Å². The summed E-state index contributed by atoms with van der Waals surface area (Å²) in [5, 5.41) is 10.8. The second-order valence-corrected chi connectivity index (χ2v) is 8.44. The van der Waals surface area contributed by atoms with E-state index in [1.165, 1.54) is 0 Å². The summed E-state index contributed by atoms with van der Waals surface area (Å²) in [6.45, 7) is 3.83. The van der Waals surface area contributed by atoms with E-state index in [1.807, 2.05) is 19.9 Å². The number of furan rings is 1. The van der Waals surface area contributed by atoms with Crippen LogP contribution < -0.4 is 0 Å². The summed E-state index contributed by atoms with van der Waals surface area (Å²) in [6.07, 6.45) is 3.90. The first-order chi connectivity index (χ1) is 12.4. The van der Waals surface area contributed by atoms with Gasteiger partial charge in [0, 0.05) is 24.8 Å². The SMILES string of the molecule is C[C@H]1C[C@@H](O)C2=C(C[C@H]3C[C@]2(C)C(=O)O3)[C@]12C[C@H](c1ccoc1)OC2=O. The van der Waals surface area contributed by atoms with Crippen LogP contribution in [0.5, 0.6) is 0 Å². The van der Waals surface area contributed by atoms with Crippen molar-refractivity contribution in [3.8, 4) is 0 Å². The number of cyclic esters (lactones) is 1. The molecule has 1 N–H and O–H groups in total. The van der Waals surface area contributed by atoms with E-state index in [1.54, 1.807) is 12.5 Å². The van der Waals surface area contributed by atoms with Crippen molar-refractivity contribution in [2.75, 3.05) is 0 Å². The van der Waals surface area contributed by atoms with Gasteiger partial charge in [-0.25, -0.2) is 0 Å². The number of aliphatic hydroxyl groups is 1. The van der Waals surface area contributed by atoms with E-state index >= 15 is 0 Å². The Bertz CT molecular complexity index is 823. The average molecular weight is 358 g/mol. The van der Waals surface area contributed by atoms with E-state index in [-0.39, 0.29) is 30.1 Å². The topological polar surface area (TPSA) is 86.0 Å². The van der Waals surface area contributed by atoms with E-state index < -0.39 is 16.9 Å². The summed E-state index contributed by atoms with van der Waals surface area (Å²) in [7, 11) is 0. The number of hydrogen-bond donors (Lipinski definition) is 1. The maximum Gasteiger partial charge on any atom is 0.317 e. The van der Waals surface area contributed by atoms with Crippen LogP contribution in [0.4, 0.5) is 0 Å². The normalized spacial score (nSPS) is 44.3. The van der Waals surface area contributed by atoms with Gasteiger partial charge in [0.2, 0.25) is 0 Å². The molecule has 0 unspecified atom stereocenters. The molecule has 1 aromatic rings. The molecule has 0 aromatic carbocycles. The zero-order valence-corrected chi connectivity index (χ0v) is 14.9. The maximum atomic E-state index is 13.2. The van der Waals surface area contributed by atoms with E-state index in [9.17, 15) is 14.7 Å². The molecule has 5 rings (SSSR count). The van der Waals surface area contributed by atoms with Crippen LogP contribution in [-0.4, -0.2) is 29.3 Å². The molecule has 0 amide bonds. The molecule has 2 aliphatic heterocycles. The minimum atomic E-state index is -0.835. The molecule has 3 heterocycles. The number of ether oxygens (including phenoxy) is 2. The van der Waals surface area contributed by atoms with Gasteiger partial charge < -0.3 is 19.0 Å². The highest BCUT2D eigenvalue weighted by molar-refractivity contribution is 5.88. The largest absolute Gasteiger partial charge is 0.472 e. The van der Waals surface area contributed by atoms with Gasteiger partial charge in [0.15, 0.2) is 0 Å². The lowest BCUT2D eigenvalue weighted by Crippen LogP contribution is -2.48. The summed E-state index contributed by atoms with van der Waals surface area (Å²) in [5.41, 5.74) is 0.792. The Labute approximate surface area is 151 Å². The van der Waals surface area contributed by atoms with Crippen LogP contribution in [0.25, 0.3) is 0 Å². The summed E-state index contributed by atoms with van der Waals surface area (Å²) in [5.74, 6) is -0.612. The second-order valence-electron chi connectivity index (χ2n) is 8.44. The van der Waals surface area contributed by atoms with Crippen molar-refractivity contribution < 1.29 is 28.6 Å². The van der Waals surface area contributed by atoms with E-state index in [2.05, 4.69) is 0 Å². The van der Waals surface area contributed by atoms with Gasteiger partial charge in [0.05, 0.1) is 29.5 Å². The first-order valence-corrected chi connectivity index (χ1v) is 9.22. The molecule has 0 saturated carbocycles. The molecule has 1 aromatic heterocycles. The van der Waals surface area contributed by atoms with Gasteiger partial charge in [-0.2, -0.15) is 0 Å². The standard InChI is InChI=1S/C20H22O6/c1-10-5-14(21)16-13(6-12-7-19(16,2)17(22)25-12)20(10)8-15(26-18(20)23)11-3-4-24-9-11/h3-4,9-10,12,14-15,21H,5-8H2,1-2H3/t10-,12-,14+,15+,19-,20-/m0/s1.